The van der Waals surface area contributed by atoms with E-state index in [9.17, 15) is 8.42 Å². The van der Waals surface area contributed by atoms with E-state index in [4.69, 9.17) is 0 Å². The highest BCUT2D eigenvalue weighted by Crippen LogP contribution is 2.27. The Morgan fingerprint density at radius 3 is 2.88 bits per heavy atom. The third kappa shape index (κ3) is 3.08. The van der Waals surface area contributed by atoms with Crippen molar-refractivity contribution in [2.45, 2.75) is 23.8 Å². The SMILES string of the molecule is O=S(=O)(c1cccc2nsnc12)N1CCCN(C2CCSC2)CC1. The Bertz CT molecular complexity index is 817. The van der Waals surface area contributed by atoms with Crippen molar-refractivity contribution in [2.24, 2.45) is 0 Å². The largest absolute Gasteiger partial charge is 0.298 e. The van der Waals surface area contributed by atoms with E-state index in [1.807, 2.05) is 11.8 Å². The third-order valence-corrected chi connectivity index (χ3v) is 8.40. The van der Waals surface area contributed by atoms with Crippen LogP contribution in [0.3, 0.4) is 0 Å². The van der Waals surface area contributed by atoms with Crippen LogP contribution in [-0.4, -0.2) is 70.1 Å². The summed E-state index contributed by atoms with van der Waals surface area (Å²) < 4.78 is 36.2. The van der Waals surface area contributed by atoms with Gasteiger partial charge in [0.05, 0.1) is 11.7 Å². The maximum Gasteiger partial charge on any atom is 0.245 e. The molecular weight excluding hydrogens is 364 g/mol. The lowest BCUT2D eigenvalue weighted by Crippen LogP contribution is -2.39. The molecule has 1 aromatic carbocycles. The van der Waals surface area contributed by atoms with Crippen LogP contribution in [0.2, 0.25) is 0 Å². The molecule has 0 N–H and O–H groups in total. The lowest BCUT2D eigenvalue weighted by atomic mass is 10.2. The van der Waals surface area contributed by atoms with Gasteiger partial charge in [0, 0.05) is 31.4 Å². The molecule has 130 valence electrons. The molecule has 4 rings (SSSR count). The van der Waals surface area contributed by atoms with Crippen LogP contribution in [-0.2, 0) is 10.0 Å². The minimum Gasteiger partial charge on any atom is -0.298 e. The van der Waals surface area contributed by atoms with Crippen molar-refractivity contribution in [3.63, 3.8) is 0 Å². The Hall–Kier alpha value is -0.740. The average molecular weight is 385 g/mol. The quantitative estimate of drug-likeness (QED) is 0.805. The van der Waals surface area contributed by atoms with Gasteiger partial charge in [0.15, 0.2) is 0 Å². The summed E-state index contributed by atoms with van der Waals surface area (Å²) in [7, 11) is -3.52. The average Bonchev–Trinajstić information content (AvgIpc) is 3.21. The van der Waals surface area contributed by atoms with Gasteiger partial charge < -0.3 is 0 Å². The number of fused-ring (bicyclic) bond motifs is 1. The summed E-state index contributed by atoms with van der Waals surface area (Å²) >= 11 is 3.06. The minimum absolute atomic E-state index is 0.290. The van der Waals surface area contributed by atoms with E-state index in [1.165, 1.54) is 17.9 Å². The molecular formula is C15H20N4O2S3. The molecule has 6 nitrogen and oxygen atoms in total. The molecule has 24 heavy (non-hydrogen) atoms. The van der Waals surface area contributed by atoms with Gasteiger partial charge >= 0.3 is 0 Å². The molecule has 2 aromatic rings. The van der Waals surface area contributed by atoms with Gasteiger partial charge in [-0.2, -0.15) is 24.8 Å². The van der Waals surface area contributed by atoms with Crippen LogP contribution in [0.5, 0.6) is 0 Å². The highest BCUT2D eigenvalue weighted by atomic mass is 32.2. The van der Waals surface area contributed by atoms with Gasteiger partial charge in [-0.05, 0) is 37.3 Å². The fourth-order valence-corrected chi connectivity index (χ4v) is 6.94. The number of nitrogens with zero attached hydrogens (tertiary/aromatic N) is 4. The molecule has 0 amide bonds. The molecule has 3 heterocycles. The Morgan fingerprint density at radius 1 is 1.12 bits per heavy atom. The Morgan fingerprint density at radius 2 is 2.04 bits per heavy atom. The van der Waals surface area contributed by atoms with Crippen molar-refractivity contribution < 1.29 is 8.42 Å². The van der Waals surface area contributed by atoms with Crippen LogP contribution in [0.25, 0.3) is 11.0 Å². The monoisotopic (exact) mass is 384 g/mol. The lowest BCUT2D eigenvalue weighted by Gasteiger charge is -2.26. The van der Waals surface area contributed by atoms with Crippen LogP contribution in [0, 0.1) is 0 Å². The molecule has 9 heteroatoms. The van der Waals surface area contributed by atoms with Crippen molar-refractivity contribution in [1.82, 2.24) is 18.0 Å². The molecule has 2 aliphatic rings. The van der Waals surface area contributed by atoms with Crippen molar-refractivity contribution >= 4 is 44.5 Å². The molecule has 2 aliphatic heterocycles. The highest BCUT2D eigenvalue weighted by molar-refractivity contribution is 7.99. The molecule has 1 unspecified atom stereocenters. The first-order valence-electron chi connectivity index (χ1n) is 8.19. The van der Waals surface area contributed by atoms with E-state index < -0.39 is 10.0 Å². The Balaban J connectivity index is 1.57. The van der Waals surface area contributed by atoms with E-state index in [2.05, 4.69) is 13.6 Å². The van der Waals surface area contributed by atoms with Crippen LogP contribution >= 0.6 is 23.5 Å². The van der Waals surface area contributed by atoms with Gasteiger partial charge in [-0.25, -0.2) is 8.42 Å². The van der Waals surface area contributed by atoms with Crippen molar-refractivity contribution in [3.8, 4) is 0 Å². The molecule has 0 spiro atoms. The van der Waals surface area contributed by atoms with Gasteiger partial charge in [-0.1, -0.05) is 6.07 Å². The van der Waals surface area contributed by atoms with Gasteiger partial charge in [0.1, 0.15) is 15.9 Å². The molecule has 2 saturated heterocycles. The third-order valence-electron chi connectivity index (χ3n) is 4.78. The Kier molecular flexibility index (Phi) is 4.79. The smallest absolute Gasteiger partial charge is 0.245 e. The minimum atomic E-state index is -3.52. The summed E-state index contributed by atoms with van der Waals surface area (Å²) in [6, 6.07) is 5.81. The van der Waals surface area contributed by atoms with Crippen molar-refractivity contribution in [3.05, 3.63) is 18.2 Å². The van der Waals surface area contributed by atoms with E-state index in [0.717, 1.165) is 31.2 Å². The molecule has 2 fully saturated rings. The summed E-state index contributed by atoms with van der Waals surface area (Å²) in [5.41, 5.74) is 1.15. The summed E-state index contributed by atoms with van der Waals surface area (Å²) in [5.74, 6) is 2.40. The number of thioether (sulfide) groups is 1. The molecule has 0 radical (unpaired) electrons. The maximum absolute atomic E-state index is 13.1. The first-order valence-corrected chi connectivity index (χ1v) is 11.5. The van der Waals surface area contributed by atoms with Gasteiger partial charge in [0.25, 0.3) is 0 Å². The summed E-state index contributed by atoms with van der Waals surface area (Å²) in [6.07, 6.45) is 2.10. The summed E-state index contributed by atoms with van der Waals surface area (Å²) in [6.45, 7) is 2.93. The summed E-state index contributed by atoms with van der Waals surface area (Å²) in [5, 5.41) is 0. The van der Waals surface area contributed by atoms with Crippen LogP contribution in [0.4, 0.5) is 0 Å². The first kappa shape index (κ1) is 16.7. The summed E-state index contributed by atoms with van der Waals surface area (Å²) in [4.78, 5) is 2.76. The number of hydrogen-bond donors (Lipinski definition) is 0. The fourth-order valence-electron chi connectivity index (χ4n) is 3.46. The van der Waals surface area contributed by atoms with E-state index in [-0.39, 0.29) is 0 Å². The van der Waals surface area contributed by atoms with Crippen molar-refractivity contribution in [2.75, 3.05) is 37.7 Å². The van der Waals surface area contributed by atoms with Gasteiger partial charge in [-0.15, -0.1) is 0 Å². The predicted octanol–water partition coefficient (Wildman–Crippen LogP) is 1.89. The second-order valence-electron chi connectivity index (χ2n) is 6.20. The zero-order chi connectivity index (χ0) is 16.6. The highest BCUT2D eigenvalue weighted by Gasteiger charge is 2.31. The standard InChI is InChI=1S/C15H20N4O2S3/c20-24(21,14-4-1-3-13-15(14)17-23-16-13)19-7-2-6-18(8-9-19)12-5-10-22-11-12/h1,3-4,12H,2,5-11H2. The van der Waals surface area contributed by atoms with Gasteiger partial charge in [0.2, 0.25) is 10.0 Å². The topological polar surface area (TPSA) is 66.4 Å². The maximum atomic E-state index is 13.1. The zero-order valence-corrected chi connectivity index (χ0v) is 15.7. The molecule has 0 aliphatic carbocycles. The normalized spacial score (nSPS) is 24.4. The van der Waals surface area contributed by atoms with E-state index >= 15 is 0 Å². The molecule has 1 atom stereocenters. The number of aromatic nitrogens is 2. The van der Waals surface area contributed by atoms with Crippen LogP contribution in [0.15, 0.2) is 23.1 Å². The Labute approximate surface area is 150 Å². The molecule has 0 bridgehead atoms. The number of benzene rings is 1. The predicted molar refractivity (Wildman–Crippen MR) is 98.1 cm³/mol. The van der Waals surface area contributed by atoms with Crippen LogP contribution in [0.1, 0.15) is 12.8 Å². The number of rotatable bonds is 3. The second-order valence-corrected chi connectivity index (χ2v) is 9.78. The van der Waals surface area contributed by atoms with E-state index in [0.29, 0.717) is 35.1 Å². The first-order chi connectivity index (χ1) is 11.7. The number of hydrogen-bond acceptors (Lipinski definition) is 7. The fraction of sp³-hybridized carbons (Fsp3) is 0.600. The zero-order valence-electron chi connectivity index (χ0n) is 13.3. The number of sulfonamides is 1. The van der Waals surface area contributed by atoms with Crippen molar-refractivity contribution in [1.29, 1.82) is 0 Å². The molecule has 0 saturated carbocycles. The lowest BCUT2D eigenvalue weighted by molar-refractivity contribution is 0.223. The van der Waals surface area contributed by atoms with E-state index in [1.54, 1.807) is 22.5 Å². The second kappa shape index (κ2) is 6.87. The van der Waals surface area contributed by atoms with Crippen LogP contribution < -0.4 is 0 Å². The molecule has 1 aromatic heterocycles. The van der Waals surface area contributed by atoms with Gasteiger partial charge in [-0.3, -0.25) is 4.90 Å².